The Hall–Kier alpha value is -1.27. The van der Waals surface area contributed by atoms with E-state index in [4.69, 9.17) is 13.7 Å². The smallest absolute Gasteiger partial charge is 0.267 e. The van der Waals surface area contributed by atoms with Crippen molar-refractivity contribution >= 4 is 10.1 Å². The highest BCUT2D eigenvalue weighted by molar-refractivity contribution is 7.86. The zero-order chi connectivity index (χ0) is 15.0. The summed E-state index contributed by atoms with van der Waals surface area (Å²) in [5.41, 5.74) is 0.998. The highest BCUT2D eigenvalue weighted by Gasteiger charge is 2.37. The molecule has 20 heavy (non-hydrogen) atoms. The van der Waals surface area contributed by atoms with E-state index in [-0.39, 0.29) is 6.10 Å². The van der Waals surface area contributed by atoms with E-state index in [0.29, 0.717) is 24.3 Å². The van der Waals surface area contributed by atoms with Crippen LogP contribution in [0.2, 0.25) is 0 Å². The minimum absolute atomic E-state index is 0.00843. The lowest BCUT2D eigenvalue weighted by molar-refractivity contribution is -0.108. The van der Waals surface area contributed by atoms with Gasteiger partial charge in [0.1, 0.15) is 0 Å². The number of para-hydroxylation sites is 1. The zero-order valence-corrected chi connectivity index (χ0v) is 13.0. The molecular formula is C14H20O5S. The van der Waals surface area contributed by atoms with Crippen molar-refractivity contribution < 1.29 is 22.1 Å². The maximum absolute atomic E-state index is 11.3. The van der Waals surface area contributed by atoms with E-state index >= 15 is 0 Å². The van der Waals surface area contributed by atoms with Gasteiger partial charge in [0.25, 0.3) is 10.1 Å². The molecule has 1 aromatic rings. The van der Waals surface area contributed by atoms with Crippen molar-refractivity contribution in [2.45, 2.75) is 45.5 Å². The van der Waals surface area contributed by atoms with E-state index in [1.807, 2.05) is 32.0 Å². The predicted octanol–water partition coefficient (Wildman–Crippen LogP) is 2.49. The molecule has 0 radical (unpaired) electrons. The van der Waals surface area contributed by atoms with E-state index < -0.39 is 15.9 Å². The van der Waals surface area contributed by atoms with E-state index in [1.165, 1.54) is 0 Å². The van der Waals surface area contributed by atoms with Gasteiger partial charge in [-0.15, -0.1) is 0 Å². The fraction of sp³-hybridized carbons (Fsp3) is 0.571. The monoisotopic (exact) mass is 300 g/mol. The number of benzene rings is 1. The standard InChI is InChI=1S/C14H20O5S/c1-10(2)17-12-7-5-6-11-8-9-14(3,18-13(11)12)19-20(4,15)16/h5-7,10H,8-9H2,1-4H3. The van der Waals surface area contributed by atoms with Crippen LogP contribution in [0.3, 0.4) is 0 Å². The molecule has 1 heterocycles. The Morgan fingerprint density at radius 2 is 2.05 bits per heavy atom. The predicted molar refractivity (Wildman–Crippen MR) is 75.5 cm³/mol. The number of hydrogen-bond acceptors (Lipinski definition) is 5. The molecule has 0 aromatic heterocycles. The summed E-state index contributed by atoms with van der Waals surface area (Å²) < 4.78 is 39.3. The topological polar surface area (TPSA) is 61.8 Å². The molecule has 0 spiro atoms. The van der Waals surface area contributed by atoms with E-state index in [9.17, 15) is 8.42 Å². The van der Waals surface area contributed by atoms with Crippen LogP contribution in [0.4, 0.5) is 0 Å². The Bertz CT molecular complexity index is 594. The lowest BCUT2D eigenvalue weighted by atomic mass is 10.0. The lowest BCUT2D eigenvalue weighted by Gasteiger charge is -2.35. The summed E-state index contributed by atoms with van der Waals surface area (Å²) in [6.07, 6.45) is 2.18. The quantitative estimate of drug-likeness (QED) is 0.799. The normalized spacial score (nSPS) is 22.2. The van der Waals surface area contributed by atoms with Crippen LogP contribution in [0.25, 0.3) is 0 Å². The average Bonchev–Trinajstić information content (AvgIpc) is 2.26. The summed E-state index contributed by atoms with van der Waals surface area (Å²) in [5, 5.41) is 0. The van der Waals surface area contributed by atoms with Crippen molar-refractivity contribution in [1.82, 2.24) is 0 Å². The molecule has 1 unspecified atom stereocenters. The molecule has 1 aliphatic heterocycles. The molecule has 1 aromatic carbocycles. The molecule has 0 saturated carbocycles. The fourth-order valence-electron chi connectivity index (χ4n) is 2.23. The Labute approximate surface area is 120 Å². The summed E-state index contributed by atoms with van der Waals surface area (Å²) in [7, 11) is -3.59. The molecule has 1 atom stereocenters. The second kappa shape index (κ2) is 5.26. The van der Waals surface area contributed by atoms with Crippen LogP contribution in [0.5, 0.6) is 11.5 Å². The first-order valence-electron chi connectivity index (χ1n) is 6.57. The first kappa shape index (κ1) is 15.1. The van der Waals surface area contributed by atoms with E-state index in [1.54, 1.807) is 6.92 Å². The van der Waals surface area contributed by atoms with Crippen LogP contribution < -0.4 is 9.47 Å². The third-order valence-electron chi connectivity index (χ3n) is 2.92. The Morgan fingerprint density at radius 3 is 2.65 bits per heavy atom. The van der Waals surface area contributed by atoms with Crippen molar-refractivity contribution in [3.05, 3.63) is 23.8 Å². The van der Waals surface area contributed by atoms with E-state index in [2.05, 4.69) is 0 Å². The van der Waals surface area contributed by atoms with Crippen LogP contribution in [0.15, 0.2) is 18.2 Å². The van der Waals surface area contributed by atoms with Gasteiger partial charge in [0.15, 0.2) is 11.5 Å². The van der Waals surface area contributed by atoms with Crippen molar-refractivity contribution in [3.63, 3.8) is 0 Å². The van der Waals surface area contributed by atoms with Gasteiger partial charge < -0.3 is 9.47 Å². The number of rotatable bonds is 4. The van der Waals surface area contributed by atoms with Crippen LogP contribution in [-0.4, -0.2) is 26.6 Å². The van der Waals surface area contributed by atoms with Crippen LogP contribution in [0.1, 0.15) is 32.8 Å². The average molecular weight is 300 g/mol. The molecule has 2 rings (SSSR count). The third-order valence-corrected chi connectivity index (χ3v) is 3.57. The first-order chi connectivity index (χ1) is 9.19. The molecular weight excluding hydrogens is 280 g/mol. The zero-order valence-electron chi connectivity index (χ0n) is 12.2. The van der Waals surface area contributed by atoms with Gasteiger partial charge in [-0.1, -0.05) is 12.1 Å². The Balaban J connectivity index is 2.32. The summed E-state index contributed by atoms with van der Waals surface area (Å²) in [6.45, 7) is 5.48. The molecule has 0 aliphatic carbocycles. The summed E-state index contributed by atoms with van der Waals surface area (Å²) in [5.74, 6) is -0.00376. The Morgan fingerprint density at radius 1 is 1.35 bits per heavy atom. The third kappa shape index (κ3) is 3.64. The van der Waals surface area contributed by atoms with Gasteiger partial charge >= 0.3 is 0 Å². The van der Waals surface area contributed by atoms with Gasteiger partial charge in [-0.2, -0.15) is 8.42 Å². The lowest BCUT2D eigenvalue weighted by Crippen LogP contribution is -2.41. The van der Waals surface area contributed by atoms with Crippen LogP contribution in [0, 0.1) is 0 Å². The van der Waals surface area contributed by atoms with Gasteiger partial charge in [-0.3, -0.25) is 0 Å². The van der Waals surface area contributed by atoms with Crippen molar-refractivity contribution in [3.8, 4) is 11.5 Å². The van der Waals surface area contributed by atoms with Crippen molar-refractivity contribution in [2.24, 2.45) is 0 Å². The summed E-state index contributed by atoms with van der Waals surface area (Å²) >= 11 is 0. The van der Waals surface area contributed by atoms with Gasteiger partial charge in [0, 0.05) is 13.3 Å². The van der Waals surface area contributed by atoms with Crippen molar-refractivity contribution in [2.75, 3.05) is 6.26 Å². The minimum atomic E-state index is -3.59. The number of hydrogen-bond donors (Lipinski definition) is 0. The highest BCUT2D eigenvalue weighted by Crippen LogP contribution is 2.41. The van der Waals surface area contributed by atoms with Crippen LogP contribution >= 0.6 is 0 Å². The molecule has 0 fully saturated rings. The second-order valence-corrected chi connectivity index (χ2v) is 7.01. The summed E-state index contributed by atoms with van der Waals surface area (Å²) in [4.78, 5) is 0. The van der Waals surface area contributed by atoms with Crippen molar-refractivity contribution in [1.29, 1.82) is 0 Å². The molecule has 0 amide bonds. The number of aryl methyl sites for hydroxylation is 1. The first-order valence-corrected chi connectivity index (χ1v) is 8.38. The molecule has 6 heteroatoms. The molecule has 1 aliphatic rings. The van der Waals surface area contributed by atoms with Gasteiger partial charge in [-0.25, -0.2) is 4.18 Å². The van der Waals surface area contributed by atoms with Crippen LogP contribution in [-0.2, 0) is 20.7 Å². The second-order valence-electron chi connectivity index (χ2n) is 5.43. The van der Waals surface area contributed by atoms with E-state index in [0.717, 1.165) is 11.8 Å². The molecule has 0 saturated heterocycles. The van der Waals surface area contributed by atoms with Gasteiger partial charge in [0.2, 0.25) is 5.79 Å². The van der Waals surface area contributed by atoms with Gasteiger partial charge in [0.05, 0.1) is 12.4 Å². The fourth-order valence-corrected chi connectivity index (χ4v) is 2.99. The largest absolute Gasteiger partial charge is 0.487 e. The highest BCUT2D eigenvalue weighted by atomic mass is 32.2. The Kier molecular flexibility index (Phi) is 3.97. The molecule has 112 valence electrons. The van der Waals surface area contributed by atoms with Gasteiger partial charge in [-0.05, 0) is 31.9 Å². The number of ether oxygens (including phenoxy) is 2. The SMILES string of the molecule is CC(C)Oc1cccc2c1OC(C)(OS(C)(=O)=O)CC2. The maximum Gasteiger partial charge on any atom is 0.267 e. The molecule has 0 bridgehead atoms. The maximum atomic E-state index is 11.3. The molecule has 0 N–H and O–H groups in total. The minimum Gasteiger partial charge on any atom is -0.487 e. The molecule has 5 nitrogen and oxygen atoms in total. The number of fused-ring (bicyclic) bond motifs is 1. The summed E-state index contributed by atoms with van der Waals surface area (Å²) in [6, 6.07) is 5.66.